The van der Waals surface area contributed by atoms with E-state index in [1.54, 1.807) is 13.8 Å². The fraction of sp³-hybridized carbons (Fsp3) is 0.682. The van der Waals surface area contributed by atoms with E-state index < -0.39 is 14.6 Å². The van der Waals surface area contributed by atoms with E-state index >= 15 is 0 Å². The van der Waals surface area contributed by atoms with Crippen molar-refractivity contribution in [3.63, 3.8) is 0 Å². The molecule has 2 saturated heterocycles. The van der Waals surface area contributed by atoms with Gasteiger partial charge in [0.1, 0.15) is 0 Å². The SMILES string of the molecule is CCNC(=NCc1cccc(COC2CCOCC2)c1)N1CCS(=O)(=O)C(C)(C)C1.I. The largest absolute Gasteiger partial charge is 0.381 e. The average molecular weight is 566 g/mol. The molecule has 0 aromatic heterocycles. The summed E-state index contributed by atoms with van der Waals surface area (Å²) in [5.74, 6) is 0.924. The Morgan fingerprint density at radius 3 is 2.68 bits per heavy atom. The third-order valence-electron chi connectivity index (χ3n) is 5.73. The van der Waals surface area contributed by atoms with Gasteiger partial charge in [-0.15, -0.1) is 24.0 Å². The standard InChI is InChI=1S/C22H35N3O4S.HI/c1-4-23-21(25-10-13-30(26,27)22(2,3)17-25)24-15-18-6-5-7-19(14-18)16-29-20-8-11-28-12-9-20;/h5-7,14,20H,4,8-13,15-17H2,1-3H3,(H,23,24);1H. The highest BCUT2D eigenvalue weighted by molar-refractivity contribution is 14.0. The predicted octanol–water partition coefficient (Wildman–Crippen LogP) is 2.97. The minimum Gasteiger partial charge on any atom is -0.381 e. The maximum absolute atomic E-state index is 12.3. The summed E-state index contributed by atoms with van der Waals surface area (Å²) < 4.78 is 35.3. The average Bonchev–Trinajstić information content (AvgIpc) is 2.73. The molecule has 1 aromatic carbocycles. The van der Waals surface area contributed by atoms with Crippen molar-refractivity contribution >= 4 is 39.8 Å². The van der Waals surface area contributed by atoms with Gasteiger partial charge in [-0.05, 0) is 44.7 Å². The zero-order valence-electron chi connectivity index (χ0n) is 18.8. The number of halogens is 1. The molecule has 2 heterocycles. The lowest BCUT2D eigenvalue weighted by molar-refractivity contribution is -0.0390. The Labute approximate surface area is 203 Å². The number of guanidine groups is 1. The van der Waals surface area contributed by atoms with Gasteiger partial charge in [0.25, 0.3) is 0 Å². The van der Waals surface area contributed by atoms with Gasteiger partial charge in [0.05, 0.1) is 29.8 Å². The number of ether oxygens (including phenoxy) is 2. The second-order valence-electron chi connectivity index (χ2n) is 8.61. The Bertz CT molecular complexity index is 839. The highest BCUT2D eigenvalue weighted by Crippen LogP contribution is 2.24. The molecule has 7 nitrogen and oxygen atoms in total. The van der Waals surface area contributed by atoms with Crippen molar-refractivity contribution in [3.8, 4) is 0 Å². The predicted molar refractivity (Wildman–Crippen MR) is 135 cm³/mol. The second kappa shape index (κ2) is 11.8. The van der Waals surface area contributed by atoms with E-state index in [0.29, 0.717) is 26.2 Å². The summed E-state index contributed by atoms with van der Waals surface area (Å²) >= 11 is 0. The van der Waals surface area contributed by atoms with E-state index in [-0.39, 0.29) is 35.8 Å². The van der Waals surface area contributed by atoms with Crippen LogP contribution in [-0.4, -0.2) is 68.7 Å². The van der Waals surface area contributed by atoms with E-state index in [0.717, 1.165) is 49.7 Å². The molecule has 0 atom stereocenters. The number of sulfone groups is 1. The van der Waals surface area contributed by atoms with Crippen LogP contribution in [0, 0.1) is 0 Å². The monoisotopic (exact) mass is 565 g/mol. The van der Waals surface area contributed by atoms with E-state index in [1.165, 1.54) is 0 Å². The summed E-state index contributed by atoms with van der Waals surface area (Å²) in [6.07, 6.45) is 2.19. The first-order valence-corrected chi connectivity index (χ1v) is 12.5. The zero-order valence-corrected chi connectivity index (χ0v) is 21.9. The zero-order chi connectivity index (χ0) is 21.6. The van der Waals surface area contributed by atoms with Gasteiger partial charge in [-0.1, -0.05) is 24.3 Å². The molecular weight excluding hydrogens is 529 g/mol. The molecular formula is C22H36IN3O4S. The van der Waals surface area contributed by atoms with Crippen LogP contribution in [0.15, 0.2) is 29.3 Å². The lowest BCUT2D eigenvalue weighted by atomic mass is 10.1. The van der Waals surface area contributed by atoms with Crippen molar-refractivity contribution in [1.82, 2.24) is 10.2 Å². The Kier molecular flexibility index (Phi) is 10.0. The molecule has 0 saturated carbocycles. The van der Waals surface area contributed by atoms with Crippen molar-refractivity contribution < 1.29 is 17.9 Å². The maximum Gasteiger partial charge on any atom is 0.194 e. The van der Waals surface area contributed by atoms with Crippen LogP contribution in [0.1, 0.15) is 44.7 Å². The van der Waals surface area contributed by atoms with Crippen LogP contribution in [-0.2, 0) is 32.5 Å². The molecule has 176 valence electrons. The van der Waals surface area contributed by atoms with Crippen molar-refractivity contribution in [2.24, 2.45) is 4.99 Å². The number of benzene rings is 1. The van der Waals surface area contributed by atoms with Gasteiger partial charge in [-0.25, -0.2) is 13.4 Å². The first-order chi connectivity index (χ1) is 14.3. The minimum atomic E-state index is -3.08. The summed E-state index contributed by atoms with van der Waals surface area (Å²) in [4.78, 5) is 6.85. The van der Waals surface area contributed by atoms with Crippen molar-refractivity contribution in [1.29, 1.82) is 0 Å². The lowest BCUT2D eigenvalue weighted by Gasteiger charge is -2.39. The van der Waals surface area contributed by atoms with Crippen LogP contribution in [0.25, 0.3) is 0 Å². The second-order valence-corrected chi connectivity index (χ2v) is 11.4. The van der Waals surface area contributed by atoms with Gasteiger partial charge in [0, 0.05) is 32.8 Å². The number of hydrogen-bond acceptors (Lipinski definition) is 5. The van der Waals surface area contributed by atoms with Gasteiger partial charge in [-0.2, -0.15) is 0 Å². The van der Waals surface area contributed by atoms with Gasteiger partial charge in [0.15, 0.2) is 15.8 Å². The summed E-state index contributed by atoms with van der Waals surface area (Å²) in [5, 5.41) is 3.32. The van der Waals surface area contributed by atoms with Crippen LogP contribution >= 0.6 is 24.0 Å². The number of aliphatic imine (C=N–C) groups is 1. The Hall–Kier alpha value is -0.910. The molecule has 2 fully saturated rings. The third kappa shape index (κ3) is 7.30. The first-order valence-electron chi connectivity index (χ1n) is 10.8. The quantitative estimate of drug-likeness (QED) is 0.325. The molecule has 0 amide bonds. The van der Waals surface area contributed by atoms with Gasteiger partial charge in [0.2, 0.25) is 0 Å². The lowest BCUT2D eigenvalue weighted by Crippen LogP contribution is -2.57. The van der Waals surface area contributed by atoms with Crippen molar-refractivity contribution in [3.05, 3.63) is 35.4 Å². The van der Waals surface area contributed by atoms with Crippen LogP contribution < -0.4 is 5.32 Å². The summed E-state index contributed by atoms with van der Waals surface area (Å²) in [5.41, 5.74) is 2.26. The molecule has 2 aliphatic rings. The molecule has 0 aliphatic carbocycles. The van der Waals surface area contributed by atoms with E-state index in [2.05, 4.69) is 28.4 Å². The molecule has 0 spiro atoms. The molecule has 0 radical (unpaired) electrons. The summed E-state index contributed by atoms with van der Waals surface area (Å²) in [6.45, 7) is 9.95. The number of rotatable bonds is 6. The highest BCUT2D eigenvalue weighted by Gasteiger charge is 2.40. The van der Waals surface area contributed by atoms with Crippen LogP contribution in [0.5, 0.6) is 0 Å². The molecule has 9 heteroatoms. The fourth-order valence-electron chi connectivity index (χ4n) is 3.79. The maximum atomic E-state index is 12.3. The van der Waals surface area contributed by atoms with Crippen LogP contribution in [0.2, 0.25) is 0 Å². The first kappa shape index (κ1) is 26.3. The van der Waals surface area contributed by atoms with Gasteiger partial charge < -0.3 is 19.7 Å². The molecule has 1 N–H and O–H groups in total. The highest BCUT2D eigenvalue weighted by atomic mass is 127. The molecule has 0 bridgehead atoms. The Morgan fingerprint density at radius 2 is 2.00 bits per heavy atom. The van der Waals surface area contributed by atoms with Crippen molar-refractivity contribution in [2.75, 3.05) is 38.6 Å². The van der Waals surface area contributed by atoms with Crippen LogP contribution in [0.4, 0.5) is 0 Å². The summed E-state index contributed by atoms with van der Waals surface area (Å²) in [7, 11) is -3.08. The Balaban J connectivity index is 0.00000341. The van der Waals surface area contributed by atoms with Crippen molar-refractivity contribution in [2.45, 2.75) is 57.6 Å². The smallest absolute Gasteiger partial charge is 0.194 e. The molecule has 2 aliphatic heterocycles. The van der Waals surface area contributed by atoms with E-state index in [9.17, 15) is 8.42 Å². The number of nitrogens with one attached hydrogen (secondary N) is 1. The van der Waals surface area contributed by atoms with Gasteiger partial charge in [-0.3, -0.25) is 0 Å². The normalized spacial score (nSPS) is 21.4. The van der Waals surface area contributed by atoms with E-state index in [4.69, 9.17) is 14.5 Å². The molecule has 1 aromatic rings. The van der Waals surface area contributed by atoms with Gasteiger partial charge >= 0.3 is 0 Å². The topological polar surface area (TPSA) is 80.2 Å². The number of nitrogens with zero attached hydrogens (tertiary/aromatic N) is 2. The van der Waals surface area contributed by atoms with E-state index in [1.807, 2.05) is 13.0 Å². The summed E-state index contributed by atoms with van der Waals surface area (Å²) in [6, 6.07) is 8.32. The molecule has 3 rings (SSSR count). The van der Waals surface area contributed by atoms with Crippen LogP contribution in [0.3, 0.4) is 0 Å². The fourth-order valence-corrected chi connectivity index (χ4v) is 5.16. The molecule has 31 heavy (non-hydrogen) atoms. The minimum absolute atomic E-state index is 0. The molecule has 0 unspecified atom stereocenters. The number of hydrogen-bond donors (Lipinski definition) is 1. The Morgan fingerprint density at radius 1 is 1.29 bits per heavy atom. The third-order valence-corrected chi connectivity index (χ3v) is 8.27.